The van der Waals surface area contributed by atoms with E-state index in [-0.39, 0.29) is 11.5 Å². The van der Waals surface area contributed by atoms with E-state index in [1.54, 1.807) is 0 Å². The zero-order valence-electron chi connectivity index (χ0n) is 13.4. The van der Waals surface area contributed by atoms with Crippen LogP contribution in [0.3, 0.4) is 0 Å². The third-order valence-electron chi connectivity index (χ3n) is 5.25. The van der Waals surface area contributed by atoms with E-state index in [9.17, 15) is 4.79 Å². The van der Waals surface area contributed by atoms with Crippen molar-refractivity contribution >= 4 is 5.97 Å². The minimum atomic E-state index is -0.681. The Labute approximate surface area is 131 Å². The molecule has 2 N–H and O–H groups in total. The molecular weight excluding hydrogens is 278 g/mol. The molecule has 0 amide bonds. The first-order valence-corrected chi connectivity index (χ1v) is 8.14. The molecule has 22 heavy (non-hydrogen) atoms. The summed E-state index contributed by atoms with van der Waals surface area (Å²) < 4.78 is 5.90. The van der Waals surface area contributed by atoms with Crippen LogP contribution in [0, 0.1) is 19.8 Å². The molecule has 2 fully saturated rings. The summed E-state index contributed by atoms with van der Waals surface area (Å²) in [7, 11) is 0. The molecule has 0 bridgehead atoms. The second kappa shape index (κ2) is 6.01. The van der Waals surface area contributed by atoms with E-state index in [4.69, 9.17) is 9.84 Å². The third kappa shape index (κ3) is 3.18. The third-order valence-corrected chi connectivity index (χ3v) is 5.25. The van der Waals surface area contributed by atoms with Gasteiger partial charge in [-0.2, -0.15) is 0 Å². The Morgan fingerprint density at radius 3 is 2.77 bits per heavy atom. The van der Waals surface area contributed by atoms with E-state index < -0.39 is 5.97 Å². The van der Waals surface area contributed by atoms with Crippen molar-refractivity contribution in [1.29, 1.82) is 0 Å². The molecule has 4 nitrogen and oxygen atoms in total. The van der Waals surface area contributed by atoms with Crippen molar-refractivity contribution in [2.75, 3.05) is 6.61 Å². The van der Waals surface area contributed by atoms with Crippen LogP contribution < -0.4 is 5.32 Å². The smallest absolute Gasteiger partial charge is 0.306 e. The van der Waals surface area contributed by atoms with E-state index in [2.05, 4.69) is 37.4 Å². The van der Waals surface area contributed by atoms with Gasteiger partial charge in [-0.15, -0.1) is 0 Å². The Hall–Kier alpha value is -1.39. The van der Waals surface area contributed by atoms with Crippen LogP contribution >= 0.6 is 0 Å². The quantitative estimate of drug-likeness (QED) is 0.898. The summed E-state index contributed by atoms with van der Waals surface area (Å²) in [6.45, 7) is 5.87. The number of ether oxygens (including phenoxy) is 1. The van der Waals surface area contributed by atoms with Crippen LogP contribution in [0.25, 0.3) is 0 Å². The Morgan fingerprint density at radius 1 is 1.32 bits per heavy atom. The number of aliphatic carboxylic acids is 1. The SMILES string of the molecule is Cc1ccc(CNC2CCOC3(C2)CC(C(=O)O)C3)cc1C. The molecular formula is C18H25NO3. The van der Waals surface area contributed by atoms with Crippen LogP contribution in [-0.2, 0) is 16.1 Å². The molecule has 1 unspecified atom stereocenters. The fraction of sp³-hybridized carbons (Fsp3) is 0.611. The van der Waals surface area contributed by atoms with Gasteiger partial charge >= 0.3 is 5.97 Å². The number of rotatable bonds is 4. The van der Waals surface area contributed by atoms with Crippen molar-refractivity contribution < 1.29 is 14.6 Å². The Balaban J connectivity index is 1.53. The highest BCUT2D eigenvalue weighted by Crippen LogP contribution is 2.46. The number of carboxylic acids is 1. The van der Waals surface area contributed by atoms with Crippen molar-refractivity contribution in [3.63, 3.8) is 0 Å². The lowest BCUT2D eigenvalue weighted by molar-refractivity contribution is -0.181. The summed E-state index contributed by atoms with van der Waals surface area (Å²) in [6, 6.07) is 7.00. The lowest BCUT2D eigenvalue weighted by Crippen LogP contribution is -2.55. The predicted octanol–water partition coefficient (Wildman–Crippen LogP) is 2.81. The lowest BCUT2D eigenvalue weighted by atomic mass is 9.66. The van der Waals surface area contributed by atoms with Gasteiger partial charge in [0, 0.05) is 19.2 Å². The van der Waals surface area contributed by atoms with E-state index in [0.29, 0.717) is 18.9 Å². The van der Waals surface area contributed by atoms with Gasteiger partial charge in [0.05, 0.1) is 11.5 Å². The highest BCUT2D eigenvalue weighted by atomic mass is 16.5. The van der Waals surface area contributed by atoms with Crippen molar-refractivity contribution in [3.8, 4) is 0 Å². The Bertz CT molecular complexity index is 563. The molecule has 1 aromatic carbocycles. The van der Waals surface area contributed by atoms with Gasteiger partial charge in [0.2, 0.25) is 0 Å². The highest BCUT2D eigenvalue weighted by Gasteiger charge is 2.50. The predicted molar refractivity (Wildman–Crippen MR) is 84.8 cm³/mol. The first kappa shape index (κ1) is 15.5. The van der Waals surface area contributed by atoms with Crippen LogP contribution in [0.5, 0.6) is 0 Å². The van der Waals surface area contributed by atoms with Crippen molar-refractivity contribution in [2.45, 2.75) is 57.7 Å². The number of carboxylic acid groups (broad SMARTS) is 1. The van der Waals surface area contributed by atoms with Crippen LogP contribution in [0.1, 0.15) is 42.4 Å². The number of aryl methyl sites for hydroxylation is 2. The molecule has 1 saturated heterocycles. The van der Waals surface area contributed by atoms with Gasteiger partial charge < -0.3 is 15.2 Å². The molecule has 0 radical (unpaired) electrons. The Morgan fingerprint density at radius 2 is 2.09 bits per heavy atom. The summed E-state index contributed by atoms with van der Waals surface area (Å²) in [5, 5.41) is 12.7. The molecule has 120 valence electrons. The second-order valence-electron chi connectivity index (χ2n) is 6.96. The average Bonchev–Trinajstić information content (AvgIpc) is 2.46. The summed E-state index contributed by atoms with van der Waals surface area (Å²) in [5.41, 5.74) is 3.77. The van der Waals surface area contributed by atoms with E-state index in [0.717, 1.165) is 26.0 Å². The molecule has 2 aliphatic rings. The zero-order valence-corrected chi connectivity index (χ0v) is 13.4. The molecule has 0 aromatic heterocycles. The summed E-state index contributed by atoms with van der Waals surface area (Å²) >= 11 is 0. The molecule has 1 aliphatic heterocycles. The average molecular weight is 303 g/mol. The molecule has 1 atom stereocenters. The van der Waals surface area contributed by atoms with Crippen molar-refractivity contribution in [2.24, 2.45) is 5.92 Å². The number of carbonyl (C=O) groups is 1. The summed E-state index contributed by atoms with van der Waals surface area (Å²) in [4.78, 5) is 11.0. The fourth-order valence-corrected chi connectivity index (χ4v) is 3.68. The Kier molecular flexibility index (Phi) is 4.24. The first-order valence-electron chi connectivity index (χ1n) is 8.14. The van der Waals surface area contributed by atoms with Crippen molar-refractivity contribution in [1.82, 2.24) is 5.32 Å². The lowest BCUT2D eigenvalue weighted by Gasteiger charge is -2.50. The van der Waals surface area contributed by atoms with Crippen molar-refractivity contribution in [3.05, 3.63) is 34.9 Å². The maximum Gasteiger partial charge on any atom is 0.306 e. The summed E-state index contributed by atoms with van der Waals surface area (Å²) in [6.07, 6.45) is 3.28. The maximum atomic E-state index is 11.0. The topological polar surface area (TPSA) is 58.6 Å². The standard InChI is InChI=1S/C18H25NO3/c1-12-3-4-14(7-13(12)2)11-19-16-5-6-22-18(10-16)8-15(9-18)17(20)21/h3-4,7,15-16,19H,5-6,8-11H2,1-2H3,(H,20,21). The second-order valence-corrected chi connectivity index (χ2v) is 6.96. The summed E-state index contributed by atoms with van der Waals surface area (Å²) in [5.74, 6) is -0.891. The number of nitrogens with one attached hydrogen (secondary N) is 1. The largest absolute Gasteiger partial charge is 0.481 e. The van der Waals surface area contributed by atoms with E-state index in [1.807, 2.05) is 0 Å². The van der Waals surface area contributed by atoms with Gasteiger partial charge in [-0.1, -0.05) is 18.2 Å². The number of benzene rings is 1. The van der Waals surface area contributed by atoms with E-state index >= 15 is 0 Å². The monoisotopic (exact) mass is 303 g/mol. The van der Waals surface area contributed by atoms with Gasteiger partial charge in [0.1, 0.15) is 0 Å². The van der Waals surface area contributed by atoms with Crippen LogP contribution in [0.15, 0.2) is 18.2 Å². The molecule has 1 aromatic rings. The molecule has 1 aliphatic carbocycles. The zero-order chi connectivity index (χ0) is 15.7. The highest BCUT2D eigenvalue weighted by molar-refractivity contribution is 5.71. The van der Waals surface area contributed by atoms with Gasteiger partial charge in [-0.3, -0.25) is 4.79 Å². The van der Waals surface area contributed by atoms with Crippen LogP contribution in [-0.4, -0.2) is 29.3 Å². The minimum absolute atomic E-state index is 0.178. The molecule has 1 heterocycles. The molecule has 1 saturated carbocycles. The number of hydrogen-bond acceptors (Lipinski definition) is 3. The van der Waals surface area contributed by atoms with Crippen LogP contribution in [0.4, 0.5) is 0 Å². The number of hydrogen-bond donors (Lipinski definition) is 2. The maximum absolute atomic E-state index is 11.0. The van der Waals surface area contributed by atoms with E-state index in [1.165, 1.54) is 16.7 Å². The van der Waals surface area contributed by atoms with Gasteiger partial charge in [-0.05, 0) is 56.2 Å². The normalized spacial score (nSPS) is 31.0. The molecule has 4 heteroatoms. The van der Waals surface area contributed by atoms with Gasteiger partial charge in [-0.25, -0.2) is 0 Å². The fourth-order valence-electron chi connectivity index (χ4n) is 3.68. The van der Waals surface area contributed by atoms with Crippen LogP contribution in [0.2, 0.25) is 0 Å². The minimum Gasteiger partial charge on any atom is -0.481 e. The molecule has 1 spiro atoms. The molecule has 3 rings (SSSR count). The van der Waals surface area contributed by atoms with Gasteiger partial charge in [0.25, 0.3) is 0 Å². The van der Waals surface area contributed by atoms with Gasteiger partial charge in [0.15, 0.2) is 0 Å². The first-order chi connectivity index (χ1) is 10.5.